The van der Waals surface area contributed by atoms with E-state index < -0.39 is 0 Å². The molecule has 0 spiro atoms. The van der Waals surface area contributed by atoms with Crippen molar-refractivity contribution < 1.29 is 13.9 Å². The molecule has 2 aliphatic rings. The van der Waals surface area contributed by atoms with E-state index in [0.717, 1.165) is 55.6 Å². The molecule has 7 heteroatoms. The second kappa shape index (κ2) is 8.32. The van der Waals surface area contributed by atoms with Crippen molar-refractivity contribution in [3.63, 3.8) is 0 Å². The quantitative estimate of drug-likeness (QED) is 0.826. The van der Waals surface area contributed by atoms with Crippen LogP contribution in [0, 0.1) is 6.92 Å². The summed E-state index contributed by atoms with van der Waals surface area (Å²) in [5.74, 6) is 0.555. The van der Waals surface area contributed by atoms with Crippen LogP contribution in [-0.2, 0) is 4.74 Å². The highest BCUT2D eigenvalue weighted by atomic mass is 16.5. The number of methoxy groups -OCH3 is 1. The van der Waals surface area contributed by atoms with Crippen molar-refractivity contribution in [1.29, 1.82) is 0 Å². The van der Waals surface area contributed by atoms with Crippen molar-refractivity contribution in [2.75, 3.05) is 25.5 Å². The van der Waals surface area contributed by atoms with Gasteiger partial charge in [-0.15, -0.1) is 0 Å². The van der Waals surface area contributed by atoms with Gasteiger partial charge in [0, 0.05) is 43.5 Å². The number of nitrogens with one attached hydrogen (secondary N) is 2. The molecular weight excluding hydrogens is 356 g/mol. The highest BCUT2D eigenvalue weighted by molar-refractivity contribution is 5.91. The summed E-state index contributed by atoms with van der Waals surface area (Å²) in [6.45, 7) is 3.96. The molecule has 1 aliphatic heterocycles. The molecule has 1 unspecified atom stereocenters. The normalized spacial score (nSPS) is 25.1. The summed E-state index contributed by atoms with van der Waals surface area (Å²) in [5.41, 5.74) is 2.58. The molecule has 1 aliphatic carbocycles. The third kappa shape index (κ3) is 3.91. The van der Waals surface area contributed by atoms with Gasteiger partial charge in [-0.1, -0.05) is 6.07 Å². The molecule has 7 nitrogen and oxygen atoms in total. The summed E-state index contributed by atoms with van der Waals surface area (Å²) in [6, 6.07) is 6.15. The molecule has 2 aromatic rings. The van der Waals surface area contributed by atoms with Crippen LogP contribution in [0.25, 0.3) is 11.5 Å². The number of amides is 2. The minimum atomic E-state index is -0.160. The van der Waals surface area contributed by atoms with E-state index in [2.05, 4.69) is 20.5 Å². The van der Waals surface area contributed by atoms with E-state index in [4.69, 9.17) is 9.15 Å². The van der Waals surface area contributed by atoms with Gasteiger partial charge in [-0.2, -0.15) is 0 Å². The molecule has 1 saturated heterocycles. The van der Waals surface area contributed by atoms with Gasteiger partial charge < -0.3 is 19.8 Å². The van der Waals surface area contributed by atoms with Gasteiger partial charge in [0.2, 0.25) is 5.89 Å². The van der Waals surface area contributed by atoms with Crippen LogP contribution in [0.3, 0.4) is 0 Å². The maximum Gasteiger partial charge on any atom is 0.319 e. The number of carbonyl (C=O) groups is 1. The zero-order valence-corrected chi connectivity index (χ0v) is 16.5. The van der Waals surface area contributed by atoms with Gasteiger partial charge in [0.25, 0.3) is 0 Å². The summed E-state index contributed by atoms with van der Waals surface area (Å²) in [5, 5.41) is 6.20. The number of aromatic nitrogens is 1. The third-order valence-corrected chi connectivity index (χ3v) is 6.02. The molecule has 0 bridgehead atoms. The maximum atomic E-state index is 12.7. The number of nitrogens with zero attached hydrogens (tertiary/aromatic N) is 2. The van der Waals surface area contributed by atoms with Crippen molar-refractivity contribution in [3.05, 3.63) is 36.2 Å². The molecule has 150 valence electrons. The largest absolute Gasteiger partial charge is 0.445 e. The lowest BCUT2D eigenvalue weighted by Gasteiger charge is -2.30. The number of urea groups is 1. The first kappa shape index (κ1) is 19.0. The van der Waals surface area contributed by atoms with Crippen LogP contribution in [0.4, 0.5) is 10.5 Å². The number of ether oxygens (including phenoxy) is 1. The summed E-state index contributed by atoms with van der Waals surface area (Å²) in [6.07, 6.45) is 7.83. The molecule has 3 atom stereocenters. The summed E-state index contributed by atoms with van der Waals surface area (Å²) >= 11 is 0. The van der Waals surface area contributed by atoms with Crippen LogP contribution in [0.15, 0.2) is 35.1 Å². The highest BCUT2D eigenvalue weighted by Gasteiger charge is 2.36. The van der Waals surface area contributed by atoms with E-state index in [-0.39, 0.29) is 12.1 Å². The van der Waals surface area contributed by atoms with Gasteiger partial charge in [-0.3, -0.25) is 4.90 Å². The van der Waals surface area contributed by atoms with Crippen LogP contribution in [0.1, 0.15) is 31.2 Å². The fraction of sp³-hybridized carbons (Fsp3) is 0.524. The minimum absolute atomic E-state index is 0.160. The molecule has 1 aromatic heterocycles. The molecule has 2 N–H and O–H groups in total. The predicted molar refractivity (Wildman–Crippen MR) is 107 cm³/mol. The number of anilines is 1. The molecule has 2 heterocycles. The zero-order valence-electron chi connectivity index (χ0n) is 16.5. The average molecular weight is 384 g/mol. The molecule has 1 aromatic carbocycles. The first-order valence-corrected chi connectivity index (χ1v) is 9.99. The second-order valence-electron chi connectivity index (χ2n) is 7.66. The summed E-state index contributed by atoms with van der Waals surface area (Å²) in [7, 11) is 1.78. The Morgan fingerprint density at radius 3 is 2.96 bits per heavy atom. The number of hydrogen-bond donors (Lipinski definition) is 2. The average Bonchev–Trinajstić information content (AvgIpc) is 3.44. The maximum absolute atomic E-state index is 12.7. The first-order chi connectivity index (χ1) is 13.7. The predicted octanol–water partition coefficient (Wildman–Crippen LogP) is 3.41. The zero-order chi connectivity index (χ0) is 19.5. The highest BCUT2D eigenvalue weighted by Crippen LogP contribution is 2.29. The van der Waals surface area contributed by atoms with Crippen molar-refractivity contribution in [2.45, 2.75) is 50.8 Å². The SMILES string of the molecule is COC1CCN([C@@H]2CCC[C@@H]2NC(=O)Nc2cccc(-c3ncco3)c2C)C1. The Bertz CT molecular complexity index is 808. The van der Waals surface area contributed by atoms with Crippen LogP contribution in [0.2, 0.25) is 0 Å². The molecule has 1 saturated carbocycles. The number of likely N-dealkylation sites (tertiary alicyclic amines) is 1. The number of benzene rings is 1. The molecule has 4 rings (SSSR count). The Hall–Kier alpha value is -2.38. The van der Waals surface area contributed by atoms with Crippen molar-refractivity contribution in [2.24, 2.45) is 0 Å². The van der Waals surface area contributed by atoms with E-state index >= 15 is 0 Å². The molecule has 2 fully saturated rings. The molecule has 2 amide bonds. The Morgan fingerprint density at radius 1 is 1.32 bits per heavy atom. The van der Waals surface area contributed by atoms with Crippen LogP contribution in [0.5, 0.6) is 0 Å². The fourth-order valence-electron chi connectivity index (χ4n) is 4.48. The molecular formula is C21H28N4O3. The van der Waals surface area contributed by atoms with E-state index in [1.54, 1.807) is 19.6 Å². The van der Waals surface area contributed by atoms with Gasteiger partial charge in [-0.25, -0.2) is 9.78 Å². The number of hydrogen-bond acceptors (Lipinski definition) is 5. The number of rotatable bonds is 5. The smallest absolute Gasteiger partial charge is 0.319 e. The summed E-state index contributed by atoms with van der Waals surface area (Å²) in [4.78, 5) is 19.4. The van der Waals surface area contributed by atoms with E-state index in [1.807, 2.05) is 25.1 Å². The molecule has 0 radical (unpaired) electrons. The van der Waals surface area contributed by atoms with Gasteiger partial charge in [0.15, 0.2) is 0 Å². The second-order valence-corrected chi connectivity index (χ2v) is 7.66. The first-order valence-electron chi connectivity index (χ1n) is 9.99. The van der Waals surface area contributed by atoms with Crippen LogP contribution < -0.4 is 10.6 Å². The lowest BCUT2D eigenvalue weighted by molar-refractivity contribution is 0.0985. The van der Waals surface area contributed by atoms with Crippen LogP contribution >= 0.6 is 0 Å². The van der Waals surface area contributed by atoms with Gasteiger partial charge in [-0.05, 0) is 50.3 Å². The third-order valence-electron chi connectivity index (χ3n) is 6.02. The lowest BCUT2D eigenvalue weighted by Crippen LogP contribution is -2.49. The van der Waals surface area contributed by atoms with E-state index in [1.165, 1.54) is 0 Å². The van der Waals surface area contributed by atoms with Crippen molar-refractivity contribution >= 4 is 11.7 Å². The monoisotopic (exact) mass is 384 g/mol. The van der Waals surface area contributed by atoms with Crippen molar-refractivity contribution in [1.82, 2.24) is 15.2 Å². The van der Waals surface area contributed by atoms with Gasteiger partial charge in [0.1, 0.15) is 6.26 Å². The standard InChI is InChI=1S/C21H28N4O3/c1-14-16(20-22-10-12-28-20)5-3-6-17(14)23-21(26)24-18-7-4-8-19(18)25-11-9-15(13-25)27-2/h3,5-6,10,12,15,18-19H,4,7-9,11,13H2,1-2H3,(H2,23,24,26)/t15?,18-,19+/m0/s1. The fourth-order valence-corrected chi connectivity index (χ4v) is 4.48. The Labute approximate surface area is 165 Å². The topological polar surface area (TPSA) is 79.6 Å². The van der Waals surface area contributed by atoms with Crippen molar-refractivity contribution in [3.8, 4) is 11.5 Å². The number of carbonyl (C=O) groups excluding carboxylic acids is 1. The Kier molecular flexibility index (Phi) is 5.64. The number of oxazole rings is 1. The molecule has 28 heavy (non-hydrogen) atoms. The Morgan fingerprint density at radius 2 is 2.21 bits per heavy atom. The van der Waals surface area contributed by atoms with E-state index in [0.29, 0.717) is 18.0 Å². The van der Waals surface area contributed by atoms with Gasteiger partial charge in [0.05, 0.1) is 12.3 Å². The summed E-state index contributed by atoms with van der Waals surface area (Å²) < 4.78 is 10.9. The Balaban J connectivity index is 1.40. The van der Waals surface area contributed by atoms with Crippen LogP contribution in [-0.4, -0.2) is 54.3 Å². The van der Waals surface area contributed by atoms with E-state index in [9.17, 15) is 4.79 Å². The lowest BCUT2D eigenvalue weighted by atomic mass is 10.1. The van der Waals surface area contributed by atoms with Gasteiger partial charge >= 0.3 is 6.03 Å². The minimum Gasteiger partial charge on any atom is -0.445 e.